The Kier molecular flexibility index (Phi) is 3.63. The molecule has 0 saturated carbocycles. The van der Waals surface area contributed by atoms with Gasteiger partial charge in [-0.05, 0) is 30.3 Å². The molecule has 108 valence electrons. The highest BCUT2D eigenvalue weighted by Crippen LogP contribution is 2.30. The molecule has 3 rings (SSSR count). The Morgan fingerprint density at radius 1 is 1.45 bits per heavy atom. The molecule has 1 atom stereocenters. The summed E-state index contributed by atoms with van der Waals surface area (Å²) >= 11 is 0. The van der Waals surface area contributed by atoms with Crippen molar-refractivity contribution < 1.29 is 9.53 Å². The Balaban J connectivity index is 1.73. The maximum Gasteiger partial charge on any atom is 0.231 e. The molecule has 1 amide bonds. The summed E-state index contributed by atoms with van der Waals surface area (Å²) in [6.07, 6.45) is 0.543. The molecule has 1 unspecified atom stereocenters. The summed E-state index contributed by atoms with van der Waals surface area (Å²) in [6, 6.07) is 5.69. The van der Waals surface area contributed by atoms with Crippen LogP contribution in [0.5, 0.6) is 0 Å². The van der Waals surface area contributed by atoms with Crippen LogP contribution in [0.25, 0.3) is 0 Å². The van der Waals surface area contributed by atoms with Crippen LogP contribution in [0.15, 0.2) is 18.2 Å². The third-order valence-electron chi connectivity index (χ3n) is 4.09. The standard InChI is InChI=1S/C15H21N3O2/c1-2-17-5-6-20-13(9-17)10-18-14-4-3-12(16)7-11(14)8-15(18)19/h3-4,7,13H,2,5-6,8-10,16H2,1H3. The predicted octanol–water partition coefficient (Wildman–Crippen LogP) is 0.879. The molecule has 0 bridgehead atoms. The van der Waals surface area contributed by atoms with Gasteiger partial charge in [-0.2, -0.15) is 0 Å². The molecule has 2 heterocycles. The van der Waals surface area contributed by atoms with Crippen molar-refractivity contribution >= 4 is 17.3 Å². The Bertz CT molecular complexity index is 518. The minimum atomic E-state index is 0.0937. The fraction of sp³-hybridized carbons (Fsp3) is 0.533. The lowest BCUT2D eigenvalue weighted by molar-refractivity contribution is -0.118. The van der Waals surface area contributed by atoms with Crippen LogP contribution in [0, 0.1) is 0 Å². The first-order valence-corrected chi connectivity index (χ1v) is 7.20. The van der Waals surface area contributed by atoms with Gasteiger partial charge in [0.15, 0.2) is 0 Å². The minimum Gasteiger partial charge on any atom is -0.399 e. The van der Waals surface area contributed by atoms with E-state index in [4.69, 9.17) is 10.5 Å². The highest BCUT2D eigenvalue weighted by molar-refractivity contribution is 6.01. The third kappa shape index (κ3) is 2.51. The van der Waals surface area contributed by atoms with Crippen molar-refractivity contribution in [2.45, 2.75) is 19.4 Å². The van der Waals surface area contributed by atoms with Gasteiger partial charge in [0.2, 0.25) is 5.91 Å². The summed E-state index contributed by atoms with van der Waals surface area (Å²) in [6.45, 7) is 6.43. The minimum absolute atomic E-state index is 0.0937. The van der Waals surface area contributed by atoms with Crippen LogP contribution in [-0.2, 0) is 16.0 Å². The molecular formula is C15H21N3O2. The van der Waals surface area contributed by atoms with Crippen molar-refractivity contribution in [1.82, 2.24) is 4.90 Å². The molecule has 1 saturated heterocycles. The van der Waals surface area contributed by atoms with Crippen molar-refractivity contribution in [1.29, 1.82) is 0 Å². The second-order valence-corrected chi connectivity index (χ2v) is 5.46. The molecule has 0 radical (unpaired) electrons. The largest absolute Gasteiger partial charge is 0.399 e. The van der Waals surface area contributed by atoms with Crippen LogP contribution in [0.1, 0.15) is 12.5 Å². The van der Waals surface area contributed by atoms with Gasteiger partial charge in [-0.3, -0.25) is 9.69 Å². The van der Waals surface area contributed by atoms with Crippen molar-refractivity contribution in [3.63, 3.8) is 0 Å². The number of ether oxygens (including phenoxy) is 1. The molecule has 2 N–H and O–H groups in total. The molecule has 2 aliphatic rings. The fourth-order valence-corrected chi connectivity index (χ4v) is 2.98. The fourth-order valence-electron chi connectivity index (χ4n) is 2.98. The number of nitrogens with zero attached hydrogens (tertiary/aromatic N) is 2. The number of hydrogen-bond acceptors (Lipinski definition) is 4. The number of benzene rings is 1. The van der Waals surface area contributed by atoms with Crippen LogP contribution in [0.2, 0.25) is 0 Å². The summed E-state index contributed by atoms with van der Waals surface area (Å²) in [4.78, 5) is 16.4. The lowest BCUT2D eigenvalue weighted by atomic mass is 10.1. The number of hydrogen-bond donors (Lipinski definition) is 1. The first-order chi connectivity index (χ1) is 9.67. The van der Waals surface area contributed by atoms with E-state index in [1.807, 2.05) is 23.1 Å². The van der Waals surface area contributed by atoms with Crippen LogP contribution in [0.4, 0.5) is 11.4 Å². The number of anilines is 2. The number of carbonyl (C=O) groups is 1. The number of nitrogens with two attached hydrogens (primary N) is 1. The van der Waals surface area contributed by atoms with E-state index < -0.39 is 0 Å². The molecule has 2 aliphatic heterocycles. The van der Waals surface area contributed by atoms with Crippen molar-refractivity contribution in [2.75, 3.05) is 43.4 Å². The highest BCUT2D eigenvalue weighted by Gasteiger charge is 2.31. The maximum atomic E-state index is 12.2. The molecular weight excluding hydrogens is 254 g/mol. The second kappa shape index (κ2) is 5.42. The SMILES string of the molecule is CCN1CCOC(CN2C(=O)Cc3cc(N)ccc32)C1. The van der Waals surface area contributed by atoms with E-state index in [1.54, 1.807) is 0 Å². The molecule has 0 aromatic heterocycles. The van der Waals surface area contributed by atoms with Gasteiger partial charge in [-0.1, -0.05) is 6.92 Å². The van der Waals surface area contributed by atoms with Crippen molar-refractivity contribution in [3.05, 3.63) is 23.8 Å². The quantitative estimate of drug-likeness (QED) is 0.832. The van der Waals surface area contributed by atoms with Crippen LogP contribution in [-0.4, -0.2) is 49.7 Å². The molecule has 1 aromatic carbocycles. The predicted molar refractivity (Wildman–Crippen MR) is 78.8 cm³/mol. The smallest absolute Gasteiger partial charge is 0.231 e. The summed E-state index contributed by atoms with van der Waals surface area (Å²) in [5.41, 5.74) is 8.51. The molecule has 1 aromatic rings. The lowest BCUT2D eigenvalue weighted by Crippen LogP contribution is -2.48. The first-order valence-electron chi connectivity index (χ1n) is 7.20. The van der Waals surface area contributed by atoms with Gasteiger partial charge in [-0.15, -0.1) is 0 Å². The second-order valence-electron chi connectivity index (χ2n) is 5.46. The van der Waals surface area contributed by atoms with E-state index in [9.17, 15) is 4.79 Å². The van der Waals surface area contributed by atoms with Gasteiger partial charge in [0.05, 0.1) is 25.7 Å². The third-order valence-corrected chi connectivity index (χ3v) is 4.09. The molecule has 1 fully saturated rings. The monoisotopic (exact) mass is 275 g/mol. The van der Waals surface area contributed by atoms with E-state index in [0.29, 0.717) is 18.7 Å². The number of fused-ring (bicyclic) bond motifs is 1. The molecule has 5 heteroatoms. The average molecular weight is 275 g/mol. The Morgan fingerprint density at radius 2 is 2.30 bits per heavy atom. The lowest BCUT2D eigenvalue weighted by Gasteiger charge is -2.34. The molecule has 0 spiro atoms. The van der Waals surface area contributed by atoms with Crippen molar-refractivity contribution in [3.8, 4) is 0 Å². The van der Waals surface area contributed by atoms with E-state index in [2.05, 4.69) is 11.8 Å². The van der Waals surface area contributed by atoms with Crippen LogP contribution in [0.3, 0.4) is 0 Å². The number of nitrogen functional groups attached to an aromatic ring is 1. The first kappa shape index (κ1) is 13.4. The number of rotatable bonds is 3. The maximum absolute atomic E-state index is 12.2. The van der Waals surface area contributed by atoms with Crippen molar-refractivity contribution in [2.24, 2.45) is 0 Å². The zero-order valence-electron chi connectivity index (χ0n) is 11.8. The topological polar surface area (TPSA) is 58.8 Å². The van der Waals surface area contributed by atoms with E-state index >= 15 is 0 Å². The van der Waals surface area contributed by atoms with Gasteiger partial charge in [-0.25, -0.2) is 0 Å². The van der Waals surface area contributed by atoms with Crippen LogP contribution >= 0.6 is 0 Å². The summed E-state index contributed by atoms with van der Waals surface area (Å²) in [5, 5.41) is 0. The summed E-state index contributed by atoms with van der Waals surface area (Å²) in [7, 11) is 0. The summed E-state index contributed by atoms with van der Waals surface area (Å²) in [5.74, 6) is 0.142. The van der Waals surface area contributed by atoms with Crippen LogP contribution < -0.4 is 10.6 Å². The normalized spacial score (nSPS) is 23.1. The van der Waals surface area contributed by atoms with E-state index in [-0.39, 0.29) is 12.0 Å². The van der Waals surface area contributed by atoms with E-state index in [0.717, 1.165) is 37.5 Å². The number of morpholine rings is 1. The van der Waals surface area contributed by atoms with E-state index in [1.165, 1.54) is 0 Å². The zero-order chi connectivity index (χ0) is 14.1. The average Bonchev–Trinajstić information content (AvgIpc) is 2.74. The Morgan fingerprint density at radius 3 is 3.10 bits per heavy atom. The van der Waals surface area contributed by atoms with Gasteiger partial charge < -0.3 is 15.4 Å². The summed E-state index contributed by atoms with van der Waals surface area (Å²) < 4.78 is 5.80. The zero-order valence-corrected chi connectivity index (χ0v) is 11.8. The highest BCUT2D eigenvalue weighted by atomic mass is 16.5. The van der Waals surface area contributed by atoms with Gasteiger partial charge in [0.25, 0.3) is 0 Å². The van der Waals surface area contributed by atoms with Gasteiger partial charge in [0, 0.05) is 24.5 Å². The molecule has 20 heavy (non-hydrogen) atoms. The number of amides is 1. The van der Waals surface area contributed by atoms with Gasteiger partial charge in [0.1, 0.15) is 0 Å². The molecule has 5 nitrogen and oxygen atoms in total. The van der Waals surface area contributed by atoms with Gasteiger partial charge >= 0.3 is 0 Å². The Hall–Kier alpha value is -1.59. The number of likely N-dealkylation sites (N-methyl/N-ethyl adjacent to an activating group) is 1. The number of carbonyl (C=O) groups excluding carboxylic acids is 1. The molecule has 0 aliphatic carbocycles. The Labute approximate surface area is 119 Å².